The standard InChI is InChI=1S/C10H12N2O4.K.H/c11-12(6-13)8-3-1-7(2-4-8)9(14)5-10(15)16;;/h1-4,6,9,14H,5,11H2,(H,15,16);;/q;+1;-1. The SMILES string of the molecule is NN(C=O)c1ccc(C(O)CC(=O)O)cc1.[H-].[K+]. The van der Waals surface area contributed by atoms with Gasteiger partial charge in [-0.15, -0.1) is 0 Å². The van der Waals surface area contributed by atoms with Gasteiger partial charge in [0.25, 0.3) is 0 Å². The Balaban J connectivity index is 0. The van der Waals surface area contributed by atoms with E-state index < -0.39 is 12.1 Å². The molecule has 0 aliphatic rings. The number of carboxylic acid groups (broad SMARTS) is 1. The summed E-state index contributed by atoms with van der Waals surface area (Å²) in [7, 11) is 0. The van der Waals surface area contributed by atoms with E-state index >= 15 is 0 Å². The predicted octanol–water partition coefficient (Wildman–Crippen LogP) is -2.85. The Labute approximate surface area is 142 Å². The molecule has 1 atom stereocenters. The van der Waals surface area contributed by atoms with Crippen molar-refractivity contribution < 1.29 is 72.6 Å². The van der Waals surface area contributed by atoms with Gasteiger partial charge in [0.2, 0.25) is 6.41 Å². The van der Waals surface area contributed by atoms with Crippen LogP contribution in [0.2, 0.25) is 0 Å². The number of aliphatic hydroxyl groups is 1. The molecule has 88 valence electrons. The molecule has 0 radical (unpaired) electrons. The number of nitrogens with two attached hydrogens (primary N) is 1. The number of amides is 1. The molecular formula is C10H13KN2O4. The minimum absolute atomic E-state index is 0. The molecule has 0 bridgehead atoms. The van der Waals surface area contributed by atoms with Crippen LogP contribution in [0.5, 0.6) is 0 Å². The van der Waals surface area contributed by atoms with E-state index in [-0.39, 0.29) is 59.2 Å². The van der Waals surface area contributed by atoms with Crippen molar-refractivity contribution in [2.24, 2.45) is 5.84 Å². The minimum atomic E-state index is -1.08. The van der Waals surface area contributed by atoms with Gasteiger partial charge in [0.15, 0.2) is 0 Å². The second-order valence-corrected chi connectivity index (χ2v) is 3.22. The van der Waals surface area contributed by atoms with E-state index in [4.69, 9.17) is 10.9 Å². The molecular weight excluding hydrogens is 251 g/mol. The van der Waals surface area contributed by atoms with E-state index in [9.17, 15) is 14.7 Å². The number of carbonyl (C=O) groups excluding carboxylic acids is 1. The van der Waals surface area contributed by atoms with Gasteiger partial charge >= 0.3 is 57.4 Å². The van der Waals surface area contributed by atoms with Gasteiger partial charge in [-0.25, -0.2) is 5.84 Å². The molecule has 1 aromatic carbocycles. The van der Waals surface area contributed by atoms with Gasteiger partial charge in [0.1, 0.15) is 0 Å². The van der Waals surface area contributed by atoms with Crippen LogP contribution in [0.4, 0.5) is 5.69 Å². The molecule has 17 heavy (non-hydrogen) atoms. The van der Waals surface area contributed by atoms with Gasteiger partial charge in [-0.2, -0.15) is 0 Å². The van der Waals surface area contributed by atoms with E-state index in [1.165, 1.54) is 24.3 Å². The van der Waals surface area contributed by atoms with Crippen molar-refractivity contribution in [2.75, 3.05) is 5.01 Å². The van der Waals surface area contributed by atoms with Crippen LogP contribution in [-0.4, -0.2) is 22.6 Å². The first-order valence-electron chi connectivity index (χ1n) is 4.53. The van der Waals surface area contributed by atoms with Crippen LogP contribution in [0.15, 0.2) is 24.3 Å². The Kier molecular flexibility index (Phi) is 7.80. The van der Waals surface area contributed by atoms with Gasteiger partial charge in [0, 0.05) is 0 Å². The quantitative estimate of drug-likeness (QED) is 0.175. The summed E-state index contributed by atoms with van der Waals surface area (Å²) in [6, 6.07) is 6.09. The molecule has 0 fully saturated rings. The zero-order valence-electron chi connectivity index (χ0n) is 10.4. The summed E-state index contributed by atoms with van der Waals surface area (Å²) in [5, 5.41) is 18.9. The van der Waals surface area contributed by atoms with Crippen LogP contribution in [0.1, 0.15) is 19.5 Å². The second kappa shape index (κ2) is 7.93. The number of hydrogen-bond acceptors (Lipinski definition) is 4. The van der Waals surface area contributed by atoms with Crippen molar-refractivity contribution >= 4 is 18.1 Å². The summed E-state index contributed by atoms with van der Waals surface area (Å²) < 4.78 is 0. The van der Waals surface area contributed by atoms with Crippen LogP contribution >= 0.6 is 0 Å². The minimum Gasteiger partial charge on any atom is -1.00 e. The number of aliphatic hydroxyl groups excluding tert-OH is 1. The van der Waals surface area contributed by atoms with Crippen LogP contribution < -0.4 is 62.2 Å². The number of hydrazine groups is 1. The third-order valence-corrected chi connectivity index (χ3v) is 2.06. The average Bonchev–Trinajstić information content (AvgIpc) is 2.27. The molecule has 1 aromatic rings. The molecule has 0 saturated carbocycles. The first kappa shape index (κ1) is 16.7. The zero-order valence-corrected chi connectivity index (χ0v) is 12.5. The number of hydrogen-bond donors (Lipinski definition) is 3. The smallest absolute Gasteiger partial charge is 1.00 e. The Bertz CT molecular complexity index is 388. The van der Waals surface area contributed by atoms with Crippen LogP contribution in [0, 0.1) is 0 Å². The Morgan fingerprint density at radius 2 is 2.00 bits per heavy atom. The van der Waals surface area contributed by atoms with Gasteiger partial charge < -0.3 is 11.6 Å². The summed E-state index contributed by atoms with van der Waals surface area (Å²) in [4.78, 5) is 20.7. The molecule has 1 amide bonds. The van der Waals surface area contributed by atoms with Crippen molar-refractivity contribution in [3.8, 4) is 0 Å². The van der Waals surface area contributed by atoms with Crippen LogP contribution in [0.25, 0.3) is 0 Å². The molecule has 0 aliphatic heterocycles. The van der Waals surface area contributed by atoms with Crippen molar-refractivity contribution in [2.45, 2.75) is 12.5 Å². The number of nitrogens with zero attached hydrogens (tertiary/aromatic N) is 1. The molecule has 6 nitrogen and oxygen atoms in total. The summed E-state index contributed by atoms with van der Waals surface area (Å²) in [5.41, 5.74) is 0.923. The molecule has 0 aliphatic carbocycles. The Morgan fingerprint density at radius 1 is 1.47 bits per heavy atom. The number of carboxylic acids is 1. The van der Waals surface area contributed by atoms with Gasteiger partial charge in [0.05, 0.1) is 18.2 Å². The number of anilines is 1. The molecule has 0 spiro atoms. The van der Waals surface area contributed by atoms with E-state index in [1.807, 2.05) is 0 Å². The molecule has 1 rings (SSSR count). The van der Waals surface area contributed by atoms with Crippen molar-refractivity contribution in [1.29, 1.82) is 0 Å². The van der Waals surface area contributed by atoms with E-state index in [2.05, 4.69) is 0 Å². The summed E-state index contributed by atoms with van der Waals surface area (Å²) in [6.07, 6.45) is -0.976. The second-order valence-electron chi connectivity index (χ2n) is 3.22. The molecule has 0 saturated heterocycles. The monoisotopic (exact) mass is 264 g/mol. The molecule has 7 heteroatoms. The third-order valence-electron chi connectivity index (χ3n) is 2.06. The molecule has 1 unspecified atom stereocenters. The topological polar surface area (TPSA) is 104 Å². The Morgan fingerprint density at radius 3 is 2.41 bits per heavy atom. The van der Waals surface area contributed by atoms with Gasteiger partial charge in [-0.3, -0.25) is 14.6 Å². The van der Waals surface area contributed by atoms with E-state index in [1.54, 1.807) is 0 Å². The molecule has 0 heterocycles. The maximum absolute atomic E-state index is 10.4. The zero-order chi connectivity index (χ0) is 12.1. The first-order valence-corrected chi connectivity index (χ1v) is 4.53. The maximum atomic E-state index is 10.4. The molecule has 4 N–H and O–H groups in total. The predicted molar refractivity (Wildman–Crippen MR) is 57.5 cm³/mol. The summed E-state index contributed by atoms with van der Waals surface area (Å²) in [5.74, 6) is 4.23. The fourth-order valence-electron chi connectivity index (χ4n) is 1.21. The van der Waals surface area contributed by atoms with Crippen molar-refractivity contribution in [1.82, 2.24) is 0 Å². The average molecular weight is 264 g/mol. The third kappa shape index (κ3) is 5.26. The normalized spacial score (nSPS) is 11.2. The maximum Gasteiger partial charge on any atom is 1.00 e. The van der Waals surface area contributed by atoms with Crippen molar-refractivity contribution in [3.63, 3.8) is 0 Å². The van der Waals surface area contributed by atoms with Crippen LogP contribution in [-0.2, 0) is 9.59 Å². The van der Waals surface area contributed by atoms with Gasteiger partial charge in [-0.1, -0.05) is 12.1 Å². The van der Waals surface area contributed by atoms with Crippen molar-refractivity contribution in [3.05, 3.63) is 29.8 Å². The van der Waals surface area contributed by atoms with Crippen LogP contribution in [0.3, 0.4) is 0 Å². The number of aliphatic carboxylic acids is 1. The fraction of sp³-hybridized carbons (Fsp3) is 0.200. The fourth-order valence-corrected chi connectivity index (χ4v) is 1.21. The summed E-state index contributed by atoms with van der Waals surface area (Å²) >= 11 is 0. The van der Waals surface area contributed by atoms with E-state index in [0.717, 1.165) is 5.01 Å². The largest absolute Gasteiger partial charge is 1.00 e. The van der Waals surface area contributed by atoms with E-state index in [0.29, 0.717) is 17.7 Å². The summed E-state index contributed by atoms with van der Waals surface area (Å²) in [6.45, 7) is 0. The number of benzene rings is 1. The van der Waals surface area contributed by atoms with Gasteiger partial charge in [-0.05, 0) is 17.7 Å². The Hall–Kier alpha value is -0.284. The first-order chi connectivity index (χ1) is 7.54. The number of rotatable bonds is 5. The molecule has 0 aromatic heterocycles. The number of carbonyl (C=O) groups is 2.